The maximum atomic E-state index is 8.81. The fraction of sp³-hybridized carbons (Fsp3) is 0.304. The normalized spacial score (nSPS) is 15.3. The van der Waals surface area contributed by atoms with Crippen LogP contribution in [-0.4, -0.2) is 50.3 Å². The van der Waals surface area contributed by atoms with Crippen molar-refractivity contribution < 1.29 is 4.74 Å². The lowest BCUT2D eigenvalue weighted by atomic mass is 9.86. The Morgan fingerprint density at radius 2 is 1.92 bits per heavy atom. The van der Waals surface area contributed by atoms with E-state index in [1.807, 2.05) is 24.3 Å². The highest BCUT2D eigenvalue weighted by Crippen LogP contribution is 2.48. The van der Waals surface area contributed by atoms with Crippen LogP contribution in [0.5, 0.6) is 0 Å². The summed E-state index contributed by atoms with van der Waals surface area (Å²) in [5, 5.41) is 31.3. The van der Waals surface area contributed by atoms with Gasteiger partial charge in [-0.05, 0) is 35.4 Å². The predicted molar refractivity (Wildman–Crippen MR) is 147 cm³/mol. The minimum absolute atomic E-state index is 0.102. The Labute approximate surface area is 218 Å². The first-order valence-corrected chi connectivity index (χ1v) is 11.9. The molecule has 0 amide bonds. The Bertz CT molecular complexity index is 1240. The molecule has 0 radical (unpaired) electrons. The molecule has 0 aromatic heterocycles. The Balaban J connectivity index is 1.79. The summed E-state index contributed by atoms with van der Waals surface area (Å²) >= 11 is 6.12. The molecular formula is C23H27ClN12O. The monoisotopic (exact) mass is 522 g/mol. The average molecular weight is 523 g/mol. The number of aliphatic imine (C=N–C) groups is 1. The van der Waals surface area contributed by atoms with E-state index in [-0.39, 0.29) is 6.67 Å². The summed E-state index contributed by atoms with van der Waals surface area (Å²) in [6, 6.07) is 11.0. The molecule has 0 saturated carbocycles. The number of hydrogen-bond donors (Lipinski definition) is 6. The van der Waals surface area contributed by atoms with Crippen molar-refractivity contribution in [3.63, 3.8) is 0 Å². The number of benzene rings is 2. The van der Waals surface area contributed by atoms with E-state index in [0.29, 0.717) is 66.2 Å². The van der Waals surface area contributed by atoms with Crippen LogP contribution in [0.3, 0.4) is 0 Å². The van der Waals surface area contributed by atoms with E-state index in [4.69, 9.17) is 43.1 Å². The van der Waals surface area contributed by atoms with Crippen molar-refractivity contribution in [3.05, 3.63) is 57.4 Å². The van der Waals surface area contributed by atoms with Gasteiger partial charge >= 0.3 is 0 Å². The second-order valence-electron chi connectivity index (χ2n) is 8.35. The molecule has 6 N–H and O–H groups in total. The van der Waals surface area contributed by atoms with E-state index in [1.165, 1.54) is 9.80 Å². The number of nitrogens with zero attached hydrogens (tertiary/aromatic N) is 6. The van der Waals surface area contributed by atoms with E-state index in [1.54, 1.807) is 12.1 Å². The van der Waals surface area contributed by atoms with Crippen molar-refractivity contribution in [1.82, 2.24) is 10.9 Å². The zero-order valence-electron chi connectivity index (χ0n) is 19.9. The third kappa shape index (κ3) is 5.49. The van der Waals surface area contributed by atoms with E-state index in [2.05, 4.69) is 26.2 Å². The molecule has 13 nitrogen and oxygen atoms in total. The molecule has 0 aliphatic carbocycles. The minimum atomic E-state index is -0.601. The van der Waals surface area contributed by atoms with Crippen LogP contribution in [0, 0.1) is 16.2 Å². The fourth-order valence-corrected chi connectivity index (χ4v) is 4.55. The van der Waals surface area contributed by atoms with Crippen molar-refractivity contribution >= 4 is 59.2 Å². The van der Waals surface area contributed by atoms with Crippen molar-refractivity contribution in [3.8, 4) is 0 Å². The van der Waals surface area contributed by atoms with Gasteiger partial charge in [-0.1, -0.05) is 28.8 Å². The molecule has 2 aliphatic heterocycles. The lowest BCUT2D eigenvalue weighted by molar-refractivity contribution is 0.0769. The Kier molecular flexibility index (Phi) is 8.21. The number of azide groups is 1. The van der Waals surface area contributed by atoms with Crippen LogP contribution in [0.2, 0.25) is 5.02 Å². The van der Waals surface area contributed by atoms with Crippen LogP contribution in [0.4, 0.5) is 22.7 Å². The zero-order valence-corrected chi connectivity index (χ0v) is 20.7. The van der Waals surface area contributed by atoms with Gasteiger partial charge in [-0.2, -0.15) is 0 Å². The molecule has 0 atom stereocenters. The zero-order chi connectivity index (χ0) is 26.3. The van der Waals surface area contributed by atoms with Gasteiger partial charge < -0.3 is 20.4 Å². The first-order valence-electron chi connectivity index (χ1n) is 11.5. The number of anilines is 3. The Morgan fingerprint density at radius 3 is 2.59 bits per heavy atom. The largest absolute Gasteiger partial charge is 0.381 e. The number of ether oxygens (including phenoxy) is 1. The fourth-order valence-electron chi connectivity index (χ4n) is 4.34. The maximum Gasteiger partial charge on any atom is 0.143 e. The van der Waals surface area contributed by atoms with Crippen LogP contribution in [0.15, 0.2) is 46.5 Å². The molecular weight excluding hydrogens is 496 g/mol. The molecule has 37 heavy (non-hydrogen) atoms. The van der Waals surface area contributed by atoms with Gasteiger partial charge in [0.1, 0.15) is 23.7 Å². The summed E-state index contributed by atoms with van der Waals surface area (Å²) in [6.07, 6.45) is 4.40. The lowest BCUT2D eigenvalue weighted by Crippen LogP contribution is -2.59. The van der Waals surface area contributed by atoms with Gasteiger partial charge in [0.05, 0.1) is 36.1 Å². The molecule has 2 aliphatic rings. The quantitative estimate of drug-likeness (QED) is 0.0672. The van der Waals surface area contributed by atoms with Gasteiger partial charge in [0.15, 0.2) is 0 Å². The molecule has 2 aromatic carbocycles. The first-order chi connectivity index (χ1) is 18.0. The number of halogens is 1. The number of hydrogen-bond acceptors (Lipinski definition) is 9. The summed E-state index contributed by atoms with van der Waals surface area (Å²) in [7, 11) is 0. The van der Waals surface area contributed by atoms with Crippen molar-refractivity contribution in [1.29, 1.82) is 16.2 Å². The number of nitrogens with one attached hydrogen (secondary N) is 6. The number of fused-ring (bicyclic) bond motifs is 1. The highest BCUT2D eigenvalue weighted by Gasteiger charge is 2.42. The molecule has 1 saturated heterocycles. The molecule has 2 heterocycles. The van der Waals surface area contributed by atoms with Gasteiger partial charge in [0.25, 0.3) is 0 Å². The van der Waals surface area contributed by atoms with Gasteiger partial charge in [0, 0.05) is 42.5 Å². The van der Waals surface area contributed by atoms with Crippen LogP contribution >= 0.6 is 11.6 Å². The van der Waals surface area contributed by atoms with Gasteiger partial charge in [-0.25, -0.2) is 10.4 Å². The summed E-state index contributed by atoms with van der Waals surface area (Å²) in [6.45, 7) is 1.43. The van der Waals surface area contributed by atoms with Crippen LogP contribution in [-0.2, 0) is 11.3 Å². The summed E-state index contributed by atoms with van der Waals surface area (Å²) < 4.78 is 5.64. The molecule has 1 fully saturated rings. The molecule has 2 aromatic rings. The maximum absolute atomic E-state index is 8.81. The van der Waals surface area contributed by atoms with Crippen LogP contribution in [0.1, 0.15) is 18.4 Å². The molecule has 4 rings (SSSR count). The van der Waals surface area contributed by atoms with Gasteiger partial charge in [0.2, 0.25) is 0 Å². The molecule has 14 heteroatoms. The highest BCUT2D eigenvalue weighted by molar-refractivity contribution is 6.30. The molecule has 0 bridgehead atoms. The second kappa shape index (κ2) is 11.7. The molecule has 1 spiro atoms. The minimum Gasteiger partial charge on any atom is -0.381 e. The second-order valence-corrected chi connectivity index (χ2v) is 8.79. The Hall–Kier alpha value is -4.16. The SMILES string of the molecule is [N-]=[N+]=NCN(C=N)c1ccc(N(C=N)C=N)c2c1N=C(NNCc1cccc(Cl)c1)C1(CCOCC1)N2. The van der Waals surface area contributed by atoms with E-state index in [0.717, 1.165) is 24.6 Å². The van der Waals surface area contributed by atoms with Crippen molar-refractivity contribution in [2.24, 2.45) is 10.1 Å². The summed E-state index contributed by atoms with van der Waals surface area (Å²) in [4.78, 5) is 10.6. The van der Waals surface area contributed by atoms with E-state index < -0.39 is 5.54 Å². The lowest BCUT2D eigenvalue weighted by Gasteiger charge is -2.43. The van der Waals surface area contributed by atoms with E-state index in [9.17, 15) is 0 Å². The topological polar surface area (TPSA) is 184 Å². The van der Waals surface area contributed by atoms with Crippen LogP contribution in [0.25, 0.3) is 10.4 Å². The van der Waals surface area contributed by atoms with Gasteiger partial charge in [-0.15, -0.1) is 0 Å². The van der Waals surface area contributed by atoms with Crippen molar-refractivity contribution in [2.45, 2.75) is 24.9 Å². The van der Waals surface area contributed by atoms with E-state index >= 15 is 0 Å². The van der Waals surface area contributed by atoms with Crippen LogP contribution < -0.4 is 26.0 Å². The first kappa shape index (κ1) is 25.9. The number of rotatable bonds is 10. The Morgan fingerprint density at radius 1 is 1.16 bits per heavy atom. The summed E-state index contributed by atoms with van der Waals surface area (Å²) in [5.41, 5.74) is 17.9. The number of amidine groups is 1. The van der Waals surface area contributed by atoms with Crippen molar-refractivity contribution in [2.75, 3.05) is 35.0 Å². The smallest absolute Gasteiger partial charge is 0.143 e. The summed E-state index contributed by atoms with van der Waals surface area (Å²) in [5.74, 6) is 0.633. The molecule has 0 unspecified atom stereocenters. The number of hydrazine groups is 1. The standard InChI is InChI=1S/C23H27ClN12O/c24-17-3-1-2-16(10-17)11-29-33-22-23(6-8-37-9-7-23)32-21-19(35(12-25)13-26)5-4-18(20(21)31-22)36(14-27)15-30-34-28/h1-5,10,12-14,25-27,29,32H,6-9,11,15H2,(H,31,33). The third-order valence-corrected chi connectivity index (χ3v) is 6.45. The van der Waals surface area contributed by atoms with Gasteiger partial charge in [-0.3, -0.25) is 21.1 Å². The third-order valence-electron chi connectivity index (χ3n) is 6.21. The molecule has 192 valence electrons. The predicted octanol–water partition coefficient (Wildman–Crippen LogP) is 4.34. The average Bonchev–Trinajstić information content (AvgIpc) is 2.91. The highest BCUT2D eigenvalue weighted by atomic mass is 35.5.